The molecule has 0 bridgehead atoms. The van der Waals surface area contributed by atoms with Crippen LogP contribution in [0.3, 0.4) is 0 Å². The molecule has 3 aromatic rings. The van der Waals surface area contributed by atoms with Crippen molar-refractivity contribution in [1.82, 2.24) is 9.97 Å². The van der Waals surface area contributed by atoms with E-state index in [-0.39, 0.29) is 10.1 Å². The van der Waals surface area contributed by atoms with E-state index in [2.05, 4.69) is 15.3 Å². The minimum atomic E-state index is -4.77. The Kier molecular flexibility index (Phi) is 4.60. The lowest BCUT2D eigenvalue weighted by atomic mass is 10.1. The van der Waals surface area contributed by atoms with E-state index in [9.17, 15) is 22.4 Å². The van der Waals surface area contributed by atoms with Gasteiger partial charge >= 0.3 is 6.18 Å². The summed E-state index contributed by atoms with van der Waals surface area (Å²) in [4.78, 5) is 20.4. The van der Waals surface area contributed by atoms with Gasteiger partial charge in [0, 0.05) is 11.8 Å². The van der Waals surface area contributed by atoms with Crippen molar-refractivity contribution in [1.29, 1.82) is 0 Å². The first-order valence-electron chi connectivity index (χ1n) is 7.11. The molecule has 2 aromatic heterocycles. The number of hydrogen-bond acceptors (Lipinski definition) is 5. The van der Waals surface area contributed by atoms with Gasteiger partial charge in [0.25, 0.3) is 5.91 Å². The van der Waals surface area contributed by atoms with E-state index in [0.29, 0.717) is 29.6 Å². The van der Waals surface area contributed by atoms with Crippen LogP contribution in [0, 0.1) is 5.82 Å². The van der Waals surface area contributed by atoms with Crippen LogP contribution in [0.1, 0.15) is 15.9 Å². The second kappa shape index (κ2) is 6.71. The summed E-state index contributed by atoms with van der Waals surface area (Å²) >= 11 is 0.925. The third-order valence-corrected chi connectivity index (χ3v) is 4.07. The van der Waals surface area contributed by atoms with Gasteiger partial charge in [-0.3, -0.25) is 15.1 Å². The first-order valence-corrected chi connectivity index (χ1v) is 7.92. The van der Waals surface area contributed by atoms with E-state index in [1.54, 1.807) is 18.2 Å². The first-order chi connectivity index (χ1) is 12.2. The molecule has 134 valence electrons. The van der Waals surface area contributed by atoms with Gasteiger partial charge < -0.3 is 5.73 Å². The molecule has 0 saturated carbocycles. The summed E-state index contributed by atoms with van der Waals surface area (Å²) < 4.78 is 51.7. The van der Waals surface area contributed by atoms with Crippen LogP contribution in [0.15, 0.2) is 42.6 Å². The van der Waals surface area contributed by atoms with Crippen molar-refractivity contribution in [2.75, 3.05) is 11.1 Å². The average Bonchev–Trinajstić information content (AvgIpc) is 2.94. The number of anilines is 2. The largest absolute Gasteiger partial charge is 0.416 e. The topological polar surface area (TPSA) is 80.9 Å². The van der Waals surface area contributed by atoms with Crippen LogP contribution in [0.5, 0.6) is 0 Å². The van der Waals surface area contributed by atoms with E-state index >= 15 is 0 Å². The van der Waals surface area contributed by atoms with Crippen molar-refractivity contribution in [3.63, 3.8) is 0 Å². The number of alkyl halides is 3. The number of nitrogens with zero attached hydrogens (tertiary/aromatic N) is 2. The van der Waals surface area contributed by atoms with Crippen LogP contribution in [0.2, 0.25) is 0 Å². The molecule has 0 aliphatic rings. The van der Waals surface area contributed by atoms with Gasteiger partial charge in [-0.25, -0.2) is 9.37 Å². The molecule has 5 nitrogen and oxygen atoms in total. The molecule has 0 fully saturated rings. The summed E-state index contributed by atoms with van der Waals surface area (Å²) in [6.07, 6.45) is -3.23. The van der Waals surface area contributed by atoms with E-state index in [1.807, 2.05) is 0 Å². The molecule has 0 aliphatic heterocycles. The Labute approximate surface area is 148 Å². The number of nitrogens with one attached hydrogen (secondary N) is 1. The number of rotatable bonds is 3. The summed E-state index contributed by atoms with van der Waals surface area (Å²) in [5.74, 6) is -2.10. The van der Waals surface area contributed by atoms with Crippen LogP contribution in [-0.4, -0.2) is 15.9 Å². The zero-order chi connectivity index (χ0) is 18.9. The number of pyridine rings is 1. The molecule has 10 heteroatoms. The molecule has 3 rings (SSSR count). The number of carbonyl (C=O) groups is 1. The number of hydrogen-bond donors (Lipinski definition) is 2. The Balaban J connectivity index is 1.86. The second-order valence-electron chi connectivity index (χ2n) is 5.13. The van der Waals surface area contributed by atoms with Crippen LogP contribution in [0.4, 0.5) is 27.7 Å². The Morgan fingerprint density at radius 1 is 1.19 bits per heavy atom. The molecular weight excluding hydrogens is 372 g/mol. The fourth-order valence-corrected chi connectivity index (χ4v) is 2.86. The third kappa shape index (κ3) is 3.80. The smallest absolute Gasteiger partial charge is 0.389 e. The molecule has 0 unspecified atom stereocenters. The van der Waals surface area contributed by atoms with Crippen molar-refractivity contribution < 1.29 is 22.4 Å². The number of aromatic nitrogens is 2. The Bertz CT molecular complexity index is 957. The highest BCUT2D eigenvalue weighted by Crippen LogP contribution is 2.33. The standard InChI is InChI=1S/C16H10F4N4OS/c17-10-6-8(5-9(7-10)16(18,19)20)14(25)24-15-23-12(13(21)26-15)11-3-1-2-4-22-11/h1-7H,21H2,(H,23,24,25). The van der Waals surface area contributed by atoms with Gasteiger partial charge in [0.05, 0.1) is 11.3 Å². The Morgan fingerprint density at radius 3 is 2.62 bits per heavy atom. The number of amides is 1. The van der Waals surface area contributed by atoms with Crippen molar-refractivity contribution in [3.05, 3.63) is 59.5 Å². The maximum atomic E-state index is 13.4. The molecule has 0 spiro atoms. The predicted octanol–water partition coefficient (Wildman–Crippen LogP) is 4.20. The van der Waals surface area contributed by atoms with E-state index in [4.69, 9.17) is 5.73 Å². The SMILES string of the molecule is Nc1sc(NC(=O)c2cc(F)cc(C(F)(F)F)c2)nc1-c1ccccn1. The Hall–Kier alpha value is -3.01. The van der Waals surface area contributed by atoms with Crippen molar-refractivity contribution in [2.45, 2.75) is 6.18 Å². The van der Waals surface area contributed by atoms with Crippen LogP contribution in [0.25, 0.3) is 11.4 Å². The van der Waals surface area contributed by atoms with Crippen LogP contribution >= 0.6 is 11.3 Å². The molecule has 1 aromatic carbocycles. The zero-order valence-electron chi connectivity index (χ0n) is 12.8. The van der Waals surface area contributed by atoms with Gasteiger partial charge in [0.15, 0.2) is 5.13 Å². The number of carbonyl (C=O) groups excluding carboxylic acids is 1. The highest BCUT2D eigenvalue weighted by Gasteiger charge is 2.32. The maximum Gasteiger partial charge on any atom is 0.416 e. The number of thiazole rings is 1. The maximum absolute atomic E-state index is 13.4. The molecule has 3 N–H and O–H groups in total. The van der Waals surface area contributed by atoms with Crippen molar-refractivity contribution in [2.24, 2.45) is 0 Å². The number of halogens is 4. The lowest BCUT2D eigenvalue weighted by Crippen LogP contribution is -2.14. The number of nitrogens with two attached hydrogens (primary N) is 1. The van der Waals surface area contributed by atoms with Crippen LogP contribution < -0.4 is 11.1 Å². The molecule has 1 amide bonds. The van der Waals surface area contributed by atoms with E-state index in [0.717, 1.165) is 11.3 Å². The summed E-state index contributed by atoms with van der Waals surface area (Å²) in [7, 11) is 0. The molecule has 2 heterocycles. The fourth-order valence-electron chi connectivity index (χ4n) is 2.13. The predicted molar refractivity (Wildman–Crippen MR) is 89.1 cm³/mol. The summed E-state index contributed by atoms with van der Waals surface area (Å²) in [5.41, 5.74) is 4.93. The normalized spacial score (nSPS) is 11.4. The number of nitrogen functional groups attached to an aromatic ring is 1. The van der Waals surface area contributed by atoms with Gasteiger partial charge in [0.2, 0.25) is 0 Å². The number of benzene rings is 1. The minimum absolute atomic E-state index is 0.0611. The quantitative estimate of drug-likeness (QED) is 0.666. The average molecular weight is 382 g/mol. The van der Waals surface area contributed by atoms with Crippen LogP contribution in [-0.2, 0) is 6.18 Å². The zero-order valence-corrected chi connectivity index (χ0v) is 13.7. The van der Waals surface area contributed by atoms with Gasteiger partial charge in [-0.2, -0.15) is 13.2 Å². The highest BCUT2D eigenvalue weighted by molar-refractivity contribution is 7.20. The lowest BCUT2D eigenvalue weighted by Gasteiger charge is -2.09. The van der Waals surface area contributed by atoms with Gasteiger partial charge in [-0.1, -0.05) is 17.4 Å². The van der Waals surface area contributed by atoms with Crippen molar-refractivity contribution in [3.8, 4) is 11.4 Å². The molecule has 0 saturated heterocycles. The van der Waals surface area contributed by atoms with E-state index in [1.165, 1.54) is 6.20 Å². The molecule has 0 atom stereocenters. The van der Waals surface area contributed by atoms with Crippen molar-refractivity contribution >= 4 is 27.4 Å². The van der Waals surface area contributed by atoms with Gasteiger partial charge in [-0.05, 0) is 30.3 Å². The molecule has 26 heavy (non-hydrogen) atoms. The third-order valence-electron chi connectivity index (χ3n) is 3.27. The Morgan fingerprint density at radius 2 is 1.96 bits per heavy atom. The summed E-state index contributed by atoms with van der Waals surface area (Å²) in [5, 5.41) is 2.66. The van der Waals surface area contributed by atoms with E-state index < -0.39 is 29.0 Å². The first kappa shape index (κ1) is 17.8. The lowest BCUT2D eigenvalue weighted by molar-refractivity contribution is -0.137. The monoisotopic (exact) mass is 382 g/mol. The second-order valence-corrected chi connectivity index (χ2v) is 6.16. The van der Waals surface area contributed by atoms with Gasteiger partial charge in [0.1, 0.15) is 16.5 Å². The van der Waals surface area contributed by atoms with Gasteiger partial charge in [-0.15, -0.1) is 0 Å². The summed E-state index contributed by atoms with van der Waals surface area (Å²) in [6, 6.07) is 6.69. The molecule has 0 radical (unpaired) electrons. The molecular formula is C16H10F4N4OS. The molecule has 0 aliphatic carbocycles. The minimum Gasteiger partial charge on any atom is -0.389 e. The highest BCUT2D eigenvalue weighted by atomic mass is 32.1. The summed E-state index contributed by atoms with van der Waals surface area (Å²) in [6.45, 7) is 0. The fraction of sp³-hybridized carbons (Fsp3) is 0.0625.